The summed E-state index contributed by atoms with van der Waals surface area (Å²) in [6.45, 7) is 0. The molecule has 128 valence electrons. The maximum Gasteiger partial charge on any atom is 0.152 e. The van der Waals surface area contributed by atoms with Gasteiger partial charge >= 0.3 is 0 Å². The number of aromatic nitrogens is 2. The molecule has 8 nitrogen and oxygen atoms in total. The summed E-state index contributed by atoms with van der Waals surface area (Å²) in [5, 5.41) is 3.12. The Morgan fingerprint density at radius 1 is 1.09 bits per heavy atom. The summed E-state index contributed by atoms with van der Waals surface area (Å²) in [6, 6.07) is 1.50. The Kier molecular flexibility index (Phi) is 4.21. The standard InChI is InChI=1S/C13H20N4O4S2/c1-17(11-3-5-23(20,21)8-11)13-6-12(14-9-15-13)16-10-2-4-22(18,19)7-10/h6,9-11H,2-5,7-8H2,1H3,(H,14,15,16). The molecule has 2 atom stereocenters. The molecule has 2 unspecified atom stereocenters. The Balaban J connectivity index is 1.70. The van der Waals surface area contributed by atoms with Gasteiger partial charge in [0.05, 0.1) is 23.0 Å². The van der Waals surface area contributed by atoms with Crippen LogP contribution in [0.2, 0.25) is 0 Å². The average Bonchev–Trinajstić information content (AvgIpc) is 3.00. The summed E-state index contributed by atoms with van der Waals surface area (Å²) in [4.78, 5) is 10.2. The lowest BCUT2D eigenvalue weighted by Gasteiger charge is -2.24. The predicted octanol–water partition coefficient (Wildman–Crippen LogP) is -0.301. The van der Waals surface area contributed by atoms with Crippen molar-refractivity contribution in [2.45, 2.75) is 24.9 Å². The Morgan fingerprint density at radius 2 is 1.78 bits per heavy atom. The van der Waals surface area contributed by atoms with Crippen LogP contribution in [0, 0.1) is 0 Å². The van der Waals surface area contributed by atoms with Gasteiger partial charge in [-0.3, -0.25) is 0 Å². The maximum atomic E-state index is 11.6. The maximum absolute atomic E-state index is 11.6. The van der Waals surface area contributed by atoms with Crippen molar-refractivity contribution in [1.29, 1.82) is 0 Å². The number of rotatable bonds is 4. The second-order valence-corrected chi connectivity index (χ2v) is 10.6. The molecule has 0 aliphatic carbocycles. The summed E-state index contributed by atoms with van der Waals surface area (Å²) in [6.07, 6.45) is 2.56. The van der Waals surface area contributed by atoms with Crippen LogP contribution in [0.15, 0.2) is 12.4 Å². The molecule has 2 aliphatic rings. The van der Waals surface area contributed by atoms with E-state index in [0.29, 0.717) is 24.5 Å². The zero-order chi connectivity index (χ0) is 16.7. The third kappa shape index (κ3) is 3.92. The molecule has 23 heavy (non-hydrogen) atoms. The van der Waals surface area contributed by atoms with E-state index in [1.807, 2.05) is 11.9 Å². The van der Waals surface area contributed by atoms with Crippen molar-refractivity contribution >= 4 is 31.3 Å². The molecule has 0 aromatic carbocycles. The van der Waals surface area contributed by atoms with Crippen LogP contribution < -0.4 is 10.2 Å². The minimum Gasteiger partial charge on any atom is -0.366 e. The zero-order valence-corrected chi connectivity index (χ0v) is 14.5. The van der Waals surface area contributed by atoms with Crippen LogP contribution in [0.3, 0.4) is 0 Å². The molecule has 0 bridgehead atoms. The Bertz CT molecular complexity index is 794. The lowest BCUT2D eigenvalue weighted by molar-refractivity contribution is 0.599. The van der Waals surface area contributed by atoms with E-state index in [2.05, 4.69) is 15.3 Å². The van der Waals surface area contributed by atoms with Crippen LogP contribution >= 0.6 is 0 Å². The third-order valence-electron chi connectivity index (χ3n) is 4.35. The Hall–Kier alpha value is -1.42. The first-order valence-electron chi connectivity index (χ1n) is 7.46. The molecule has 1 aromatic rings. The molecular weight excluding hydrogens is 340 g/mol. The minimum atomic E-state index is -2.96. The quantitative estimate of drug-likeness (QED) is 0.779. The molecule has 0 spiro atoms. The molecule has 3 heterocycles. The van der Waals surface area contributed by atoms with Crippen molar-refractivity contribution in [2.75, 3.05) is 40.3 Å². The molecule has 2 aliphatic heterocycles. The van der Waals surface area contributed by atoms with E-state index >= 15 is 0 Å². The number of nitrogens with zero attached hydrogens (tertiary/aromatic N) is 3. The molecule has 10 heteroatoms. The zero-order valence-electron chi connectivity index (χ0n) is 12.8. The fourth-order valence-electron chi connectivity index (χ4n) is 3.00. The van der Waals surface area contributed by atoms with Gasteiger partial charge in [0.2, 0.25) is 0 Å². The molecule has 2 fully saturated rings. The second kappa shape index (κ2) is 5.90. The number of anilines is 2. The molecular formula is C13H20N4O4S2. The molecule has 0 radical (unpaired) electrons. The topological polar surface area (TPSA) is 109 Å². The van der Waals surface area contributed by atoms with E-state index in [1.54, 1.807) is 6.07 Å². The van der Waals surface area contributed by atoms with Crippen molar-refractivity contribution in [1.82, 2.24) is 9.97 Å². The van der Waals surface area contributed by atoms with Crippen LogP contribution in [0.5, 0.6) is 0 Å². The summed E-state index contributed by atoms with van der Waals surface area (Å²) in [7, 11) is -4.09. The van der Waals surface area contributed by atoms with Crippen molar-refractivity contribution in [3.05, 3.63) is 12.4 Å². The summed E-state index contributed by atoms with van der Waals surface area (Å²) in [5.41, 5.74) is 0. The van der Waals surface area contributed by atoms with Crippen molar-refractivity contribution in [2.24, 2.45) is 0 Å². The molecule has 1 N–H and O–H groups in total. The molecule has 0 amide bonds. The van der Waals surface area contributed by atoms with E-state index in [0.717, 1.165) is 0 Å². The van der Waals surface area contributed by atoms with Gasteiger partial charge in [0.1, 0.15) is 18.0 Å². The Labute approximate surface area is 136 Å². The monoisotopic (exact) mass is 360 g/mol. The highest BCUT2D eigenvalue weighted by molar-refractivity contribution is 7.91. The van der Waals surface area contributed by atoms with Gasteiger partial charge in [-0.2, -0.15) is 0 Å². The highest BCUT2D eigenvalue weighted by atomic mass is 32.2. The van der Waals surface area contributed by atoms with Gasteiger partial charge in [-0.05, 0) is 12.8 Å². The summed E-state index contributed by atoms with van der Waals surface area (Å²) < 4.78 is 46.2. The van der Waals surface area contributed by atoms with E-state index in [9.17, 15) is 16.8 Å². The average molecular weight is 360 g/mol. The predicted molar refractivity (Wildman–Crippen MR) is 88.2 cm³/mol. The molecule has 0 saturated carbocycles. The van der Waals surface area contributed by atoms with Crippen LogP contribution in [0.1, 0.15) is 12.8 Å². The lowest BCUT2D eigenvalue weighted by Crippen LogP contribution is -2.33. The lowest BCUT2D eigenvalue weighted by atomic mass is 10.2. The van der Waals surface area contributed by atoms with Gasteiger partial charge in [-0.25, -0.2) is 26.8 Å². The Morgan fingerprint density at radius 3 is 2.39 bits per heavy atom. The van der Waals surface area contributed by atoms with Crippen LogP contribution in [-0.4, -0.2) is 68.9 Å². The van der Waals surface area contributed by atoms with E-state index in [-0.39, 0.29) is 35.1 Å². The number of nitrogens with one attached hydrogen (secondary N) is 1. The van der Waals surface area contributed by atoms with Crippen molar-refractivity contribution < 1.29 is 16.8 Å². The second-order valence-electron chi connectivity index (χ2n) is 6.17. The molecule has 3 rings (SSSR count). The van der Waals surface area contributed by atoms with Crippen LogP contribution in [-0.2, 0) is 19.7 Å². The largest absolute Gasteiger partial charge is 0.366 e. The molecule has 1 aromatic heterocycles. The van der Waals surface area contributed by atoms with Gasteiger partial charge in [-0.1, -0.05) is 0 Å². The minimum absolute atomic E-state index is 0.0883. The molecule has 2 saturated heterocycles. The fourth-order valence-corrected chi connectivity index (χ4v) is 6.45. The first-order valence-corrected chi connectivity index (χ1v) is 11.1. The summed E-state index contributed by atoms with van der Waals surface area (Å²) in [5.74, 6) is 1.84. The van der Waals surface area contributed by atoms with E-state index in [4.69, 9.17) is 0 Å². The fraction of sp³-hybridized carbons (Fsp3) is 0.692. The van der Waals surface area contributed by atoms with Crippen molar-refractivity contribution in [3.8, 4) is 0 Å². The number of hydrogen-bond donors (Lipinski definition) is 1. The number of hydrogen-bond acceptors (Lipinski definition) is 8. The van der Waals surface area contributed by atoms with Crippen LogP contribution in [0.4, 0.5) is 11.6 Å². The van der Waals surface area contributed by atoms with Gasteiger partial charge in [0.25, 0.3) is 0 Å². The first-order chi connectivity index (χ1) is 10.7. The third-order valence-corrected chi connectivity index (χ3v) is 7.87. The van der Waals surface area contributed by atoms with Gasteiger partial charge in [-0.15, -0.1) is 0 Å². The van der Waals surface area contributed by atoms with Crippen LogP contribution in [0.25, 0.3) is 0 Å². The summed E-state index contributed by atoms with van der Waals surface area (Å²) >= 11 is 0. The van der Waals surface area contributed by atoms with E-state index < -0.39 is 19.7 Å². The van der Waals surface area contributed by atoms with Gasteiger partial charge < -0.3 is 10.2 Å². The van der Waals surface area contributed by atoms with Gasteiger partial charge in [0.15, 0.2) is 19.7 Å². The SMILES string of the molecule is CN(c1cc(NC2CCS(=O)(=O)C2)ncn1)C1CCS(=O)(=O)C1. The number of sulfone groups is 2. The van der Waals surface area contributed by atoms with E-state index in [1.165, 1.54) is 6.33 Å². The van der Waals surface area contributed by atoms with Crippen molar-refractivity contribution in [3.63, 3.8) is 0 Å². The normalized spacial score (nSPS) is 28.6. The highest BCUT2D eigenvalue weighted by Gasteiger charge is 2.32. The highest BCUT2D eigenvalue weighted by Crippen LogP contribution is 2.23. The van der Waals surface area contributed by atoms with Gasteiger partial charge in [0, 0.05) is 25.2 Å². The first kappa shape index (κ1) is 16.4. The smallest absolute Gasteiger partial charge is 0.152 e.